The van der Waals surface area contributed by atoms with Crippen LogP contribution in [0.1, 0.15) is 49.9 Å². The fourth-order valence-electron chi connectivity index (χ4n) is 3.45. The van der Waals surface area contributed by atoms with Crippen LogP contribution in [-0.2, 0) is 0 Å². The Balaban J connectivity index is 1.55. The summed E-state index contributed by atoms with van der Waals surface area (Å²) in [5.41, 5.74) is 0.666. The number of nitrogens with zero attached hydrogens (tertiary/aromatic N) is 1. The van der Waals surface area contributed by atoms with E-state index in [0.717, 1.165) is 31.7 Å². The topological polar surface area (TPSA) is 41.6 Å². The van der Waals surface area contributed by atoms with Crippen LogP contribution in [0.25, 0.3) is 0 Å². The van der Waals surface area contributed by atoms with Crippen LogP contribution in [-0.4, -0.2) is 43.1 Å². The molecule has 1 N–H and O–H groups in total. The summed E-state index contributed by atoms with van der Waals surface area (Å²) in [6, 6.07) is 7.98. The first-order valence-electron chi connectivity index (χ1n) is 9.37. The van der Waals surface area contributed by atoms with E-state index in [9.17, 15) is 4.79 Å². The van der Waals surface area contributed by atoms with E-state index in [1.54, 1.807) is 0 Å². The van der Waals surface area contributed by atoms with Crippen molar-refractivity contribution in [2.75, 3.05) is 26.2 Å². The monoisotopic (exact) mass is 330 g/mol. The Kier molecular flexibility index (Phi) is 5.77. The van der Waals surface area contributed by atoms with Gasteiger partial charge in [0.1, 0.15) is 5.75 Å². The van der Waals surface area contributed by atoms with Gasteiger partial charge in [-0.2, -0.15) is 0 Å². The van der Waals surface area contributed by atoms with Gasteiger partial charge in [0.05, 0.1) is 12.2 Å². The fraction of sp³-hybridized carbons (Fsp3) is 0.650. The lowest BCUT2D eigenvalue weighted by molar-refractivity contribution is 0.0939. The Morgan fingerprint density at radius 1 is 1.29 bits per heavy atom. The first-order valence-corrected chi connectivity index (χ1v) is 9.37. The molecule has 1 atom stereocenters. The number of carbonyl (C=O) groups excluding carboxylic acids is 1. The van der Waals surface area contributed by atoms with Crippen molar-refractivity contribution in [1.82, 2.24) is 10.2 Å². The molecule has 1 amide bonds. The molecule has 1 saturated heterocycles. The van der Waals surface area contributed by atoms with Crippen molar-refractivity contribution in [3.05, 3.63) is 29.8 Å². The van der Waals surface area contributed by atoms with Gasteiger partial charge < -0.3 is 15.0 Å². The molecule has 4 heteroatoms. The molecular formula is C20H30N2O2. The van der Waals surface area contributed by atoms with Crippen molar-refractivity contribution in [2.45, 2.75) is 45.6 Å². The molecule has 0 spiro atoms. The van der Waals surface area contributed by atoms with Gasteiger partial charge in [-0.25, -0.2) is 0 Å². The molecule has 24 heavy (non-hydrogen) atoms. The lowest BCUT2D eigenvalue weighted by Gasteiger charge is -2.33. The van der Waals surface area contributed by atoms with Crippen molar-refractivity contribution in [2.24, 2.45) is 11.8 Å². The Bertz CT molecular complexity index is 554. The van der Waals surface area contributed by atoms with E-state index in [1.807, 2.05) is 24.3 Å². The van der Waals surface area contributed by atoms with Crippen LogP contribution < -0.4 is 10.1 Å². The molecule has 1 saturated carbocycles. The number of amides is 1. The minimum Gasteiger partial charge on any atom is -0.492 e. The molecule has 0 bridgehead atoms. The first kappa shape index (κ1) is 17.3. The van der Waals surface area contributed by atoms with Crippen LogP contribution in [0.4, 0.5) is 0 Å². The predicted octanol–water partition coefficient (Wildman–Crippen LogP) is 3.33. The van der Waals surface area contributed by atoms with E-state index in [0.29, 0.717) is 30.0 Å². The summed E-state index contributed by atoms with van der Waals surface area (Å²) in [7, 11) is 0. The van der Waals surface area contributed by atoms with E-state index in [1.165, 1.54) is 19.4 Å². The third-order valence-electron chi connectivity index (χ3n) is 4.75. The molecule has 1 aliphatic carbocycles. The number of para-hydroxylation sites is 1. The number of hydrogen-bond donors (Lipinski definition) is 1. The Morgan fingerprint density at radius 3 is 2.83 bits per heavy atom. The highest BCUT2D eigenvalue weighted by Crippen LogP contribution is 2.24. The number of ether oxygens (including phenoxy) is 1. The summed E-state index contributed by atoms with van der Waals surface area (Å²) in [5, 5.41) is 3.05. The minimum absolute atomic E-state index is 0.00169. The summed E-state index contributed by atoms with van der Waals surface area (Å²) in [6.07, 6.45) is 4.65. The molecule has 132 valence electrons. The number of rotatable bonds is 7. The molecule has 1 heterocycles. The van der Waals surface area contributed by atoms with Gasteiger partial charge in [-0.15, -0.1) is 0 Å². The summed E-state index contributed by atoms with van der Waals surface area (Å²) in [4.78, 5) is 14.9. The maximum Gasteiger partial charge on any atom is 0.255 e. The van der Waals surface area contributed by atoms with Gasteiger partial charge in [0.25, 0.3) is 5.91 Å². The van der Waals surface area contributed by atoms with Crippen molar-refractivity contribution < 1.29 is 9.53 Å². The molecule has 0 aromatic heterocycles. The van der Waals surface area contributed by atoms with Crippen molar-refractivity contribution in [3.63, 3.8) is 0 Å². The predicted molar refractivity (Wildman–Crippen MR) is 96.4 cm³/mol. The van der Waals surface area contributed by atoms with Crippen LogP contribution in [0.2, 0.25) is 0 Å². The standard InChI is InChI=1S/C20H30N2O2/c1-15(2)12-22-11-5-6-16(13-22)14-24-19-8-4-3-7-18(19)20(23)21-17-9-10-17/h3-4,7-8,15-17H,5-6,9-14H2,1-2H3,(H,21,23). The van der Waals surface area contributed by atoms with Crippen LogP contribution in [0.15, 0.2) is 24.3 Å². The zero-order chi connectivity index (χ0) is 16.9. The molecule has 2 aliphatic rings. The highest BCUT2D eigenvalue weighted by molar-refractivity contribution is 5.97. The van der Waals surface area contributed by atoms with Crippen LogP contribution in [0.5, 0.6) is 5.75 Å². The molecular weight excluding hydrogens is 300 g/mol. The number of carbonyl (C=O) groups is 1. The number of benzene rings is 1. The summed E-state index contributed by atoms with van der Waals surface area (Å²) >= 11 is 0. The highest BCUT2D eigenvalue weighted by atomic mass is 16.5. The SMILES string of the molecule is CC(C)CN1CCCC(COc2ccccc2C(=O)NC2CC2)C1. The molecule has 1 aromatic carbocycles. The number of likely N-dealkylation sites (tertiary alicyclic amines) is 1. The zero-order valence-corrected chi connectivity index (χ0v) is 15.0. The molecule has 1 unspecified atom stereocenters. The second kappa shape index (κ2) is 8.02. The van der Waals surface area contributed by atoms with Gasteiger partial charge in [0.2, 0.25) is 0 Å². The Hall–Kier alpha value is -1.55. The molecule has 1 aromatic rings. The lowest BCUT2D eigenvalue weighted by atomic mass is 9.98. The van der Waals surface area contributed by atoms with Gasteiger partial charge in [-0.3, -0.25) is 4.79 Å². The molecule has 0 radical (unpaired) electrons. The van der Waals surface area contributed by atoms with Crippen molar-refractivity contribution in [1.29, 1.82) is 0 Å². The normalized spacial score (nSPS) is 21.7. The second-order valence-electron chi connectivity index (χ2n) is 7.72. The average Bonchev–Trinajstić information content (AvgIpc) is 3.37. The summed E-state index contributed by atoms with van der Waals surface area (Å²) in [5.74, 6) is 1.98. The third-order valence-corrected chi connectivity index (χ3v) is 4.75. The second-order valence-corrected chi connectivity index (χ2v) is 7.72. The van der Waals surface area contributed by atoms with Crippen LogP contribution >= 0.6 is 0 Å². The van der Waals surface area contributed by atoms with Gasteiger partial charge in [-0.1, -0.05) is 26.0 Å². The summed E-state index contributed by atoms with van der Waals surface area (Å²) < 4.78 is 6.07. The van der Waals surface area contributed by atoms with Gasteiger partial charge in [0.15, 0.2) is 0 Å². The largest absolute Gasteiger partial charge is 0.492 e. The van der Waals surface area contributed by atoms with Gasteiger partial charge in [-0.05, 0) is 50.3 Å². The highest BCUT2D eigenvalue weighted by Gasteiger charge is 2.26. The quantitative estimate of drug-likeness (QED) is 0.834. The van der Waals surface area contributed by atoms with Gasteiger partial charge in [0, 0.05) is 25.0 Å². The van der Waals surface area contributed by atoms with Gasteiger partial charge >= 0.3 is 0 Å². The molecule has 1 aliphatic heterocycles. The Morgan fingerprint density at radius 2 is 2.08 bits per heavy atom. The van der Waals surface area contributed by atoms with E-state index in [-0.39, 0.29) is 5.91 Å². The molecule has 2 fully saturated rings. The van der Waals surface area contributed by atoms with E-state index < -0.39 is 0 Å². The minimum atomic E-state index is -0.00169. The zero-order valence-electron chi connectivity index (χ0n) is 15.0. The van der Waals surface area contributed by atoms with Crippen LogP contribution in [0.3, 0.4) is 0 Å². The fourth-order valence-corrected chi connectivity index (χ4v) is 3.45. The van der Waals surface area contributed by atoms with Crippen molar-refractivity contribution in [3.8, 4) is 5.75 Å². The molecule has 4 nitrogen and oxygen atoms in total. The molecule has 3 rings (SSSR count). The summed E-state index contributed by atoms with van der Waals surface area (Å²) in [6.45, 7) is 8.71. The smallest absolute Gasteiger partial charge is 0.255 e. The van der Waals surface area contributed by atoms with Crippen LogP contribution in [0, 0.1) is 11.8 Å². The number of piperidine rings is 1. The average molecular weight is 330 g/mol. The van der Waals surface area contributed by atoms with E-state index >= 15 is 0 Å². The first-order chi connectivity index (χ1) is 11.6. The van der Waals surface area contributed by atoms with E-state index in [4.69, 9.17) is 4.74 Å². The van der Waals surface area contributed by atoms with Crippen molar-refractivity contribution >= 4 is 5.91 Å². The Labute approximate surface area is 145 Å². The van der Waals surface area contributed by atoms with E-state index in [2.05, 4.69) is 24.1 Å². The maximum absolute atomic E-state index is 12.3. The number of hydrogen-bond acceptors (Lipinski definition) is 3. The third kappa shape index (κ3) is 4.97. The maximum atomic E-state index is 12.3. The lowest BCUT2D eigenvalue weighted by Crippen LogP contribution is -2.39. The number of nitrogens with one attached hydrogen (secondary N) is 1.